The molecule has 1 aromatic heterocycles. The summed E-state index contributed by atoms with van der Waals surface area (Å²) in [5.41, 5.74) is 6.91. The molecule has 0 aliphatic carbocycles. The van der Waals surface area contributed by atoms with Crippen LogP contribution in [-0.4, -0.2) is 36.7 Å². The molecule has 2 aliphatic rings. The lowest BCUT2D eigenvalue weighted by Gasteiger charge is -2.33. The topological polar surface area (TPSA) is 68.5 Å². The average Bonchev–Trinajstić information content (AvgIpc) is 2.89. The second-order valence-corrected chi connectivity index (χ2v) is 13.8. The van der Waals surface area contributed by atoms with Crippen LogP contribution in [0.1, 0.15) is 29.5 Å². The molecule has 2 bridgehead atoms. The Kier molecular flexibility index (Phi) is 3.73. The van der Waals surface area contributed by atoms with Crippen LogP contribution in [-0.2, 0) is 11.2 Å². The Bertz CT molecular complexity index is 555. The lowest BCUT2D eigenvalue weighted by molar-refractivity contribution is 0.0841. The van der Waals surface area contributed by atoms with E-state index in [1.54, 1.807) is 0 Å². The van der Waals surface area contributed by atoms with E-state index in [4.69, 9.17) is 10.5 Å². The van der Waals surface area contributed by atoms with Crippen LogP contribution in [0.5, 0.6) is 0 Å². The Hall–Kier alpha value is -1.08. The van der Waals surface area contributed by atoms with E-state index < -0.39 is 8.07 Å². The van der Waals surface area contributed by atoms with Crippen LogP contribution in [0.2, 0.25) is 25.7 Å². The minimum Gasteiger partial charge on any atom is -0.450 e. The molecule has 2 aliphatic heterocycles. The molecule has 3 rings (SSSR count). The molecule has 0 radical (unpaired) electrons. The maximum absolute atomic E-state index is 12.4. The van der Waals surface area contributed by atoms with Crippen molar-refractivity contribution >= 4 is 30.6 Å². The van der Waals surface area contributed by atoms with Crippen molar-refractivity contribution in [2.75, 3.05) is 12.3 Å². The highest BCUT2D eigenvalue weighted by molar-refractivity contribution is 7.15. The number of rotatable bonds is 3. The quantitative estimate of drug-likeness (QED) is 0.866. The summed E-state index contributed by atoms with van der Waals surface area (Å²) >= 11 is 1.52. The zero-order valence-electron chi connectivity index (χ0n) is 12.9. The van der Waals surface area contributed by atoms with Gasteiger partial charge in [-0.15, -0.1) is 0 Å². The molecule has 5 nitrogen and oxygen atoms in total. The number of anilines is 1. The van der Waals surface area contributed by atoms with Crippen molar-refractivity contribution < 1.29 is 9.53 Å². The van der Waals surface area contributed by atoms with Crippen LogP contribution in [0.4, 0.5) is 9.93 Å². The third-order valence-corrected chi connectivity index (χ3v) is 7.00. The molecule has 1 amide bonds. The molecule has 3 heterocycles. The average molecular weight is 326 g/mol. The third-order valence-electron chi connectivity index (χ3n) is 4.27. The monoisotopic (exact) mass is 325 g/mol. The standard InChI is InChI=1S/C14H23N3O2SSi/c1-21(2,3)7-6-19-14(18)17-9-4-5-11(17)12-10(8-9)16-13(15)20-12/h9,11H,4-8H2,1-3H3,(H2,15,16). The van der Waals surface area contributed by atoms with Gasteiger partial charge in [0.1, 0.15) is 0 Å². The first-order chi connectivity index (χ1) is 9.85. The van der Waals surface area contributed by atoms with Gasteiger partial charge < -0.3 is 10.5 Å². The smallest absolute Gasteiger partial charge is 0.410 e. The fourth-order valence-electron chi connectivity index (χ4n) is 3.15. The summed E-state index contributed by atoms with van der Waals surface area (Å²) in [6.45, 7) is 7.41. The van der Waals surface area contributed by atoms with Crippen molar-refractivity contribution in [2.24, 2.45) is 0 Å². The van der Waals surface area contributed by atoms with Crippen LogP contribution in [0.3, 0.4) is 0 Å². The number of ether oxygens (including phenoxy) is 1. The molecule has 0 aromatic carbocycles. The molecule has 2 atom stereocenters. The van der Waals surface area contributed by atoms with E-state index >= 15 is 0 Å². The number of amides is 1. The molecule has 7 heteroatoms. The van der Waals surface area contributed by atoms with E-state index in [9.17, 15) is 4.79 Å². The summed E-state index contributed by atoms with van der Waals surface area (Å²) in [5, 5.41) is 0.611. The number of hydrogen-bond donors (Lipinski definition) is 1. The summed E-state index contributed by atoms with van der Waals surface area (Å²) in [4.78, 5) is 19.9. The van der Waals surface area contributed by atoms with Crippen LogP contribution < -0.4 is 5.73 Å². The molecule has 0 spiro atoms. The van der Waals surface area contributed by atoms with Crippen molar-refractivity contribution in [1.29, 1.82) is 0 Å². The predicted molar refractivity (Wildman–Crippen MR) is 87.3 cm³/mol. The lowest BCUT2D eigenvalue weighted by Crippen LogP contribution is -2.42. The molecular weight excluding hydrogens is 302 g/mol. The summed E-state index contributed by atoms with van der Waals surface area (Å²) in [5.74, 6) is 0. The first-order valence-corrected chi connectivity index (χ1v) is 12.1. The Balaban J connectivity index is 1.68. The van der Waals surface area contributed by atoms with Crippen LogP contribution in [0.25, 0.3) is 0 Å². The third kappa shape index (κ3) is 2.94. The van der Waals surface area contributed by atoms with Crippen molar-refractivity contribution in [3.63, 3.8) is 0 Å². The van der Waals surface area contributed by atoms with E-state index in [1.807, 2.05) is 4.90 Å². The van der Waals surface area contributed by atoms with Gasteiger partial charge in [0.25, 0.3) is 0 Å². The van der Waals surface area contributed by atoms with Gasteiger partial charge in [0, 0.05) is 20.5 Å². The fourth-order valence-corrected chi connectivity index (χ4v) is 4.86. The molecule has 2 N–H and O–H groups in total. The Labute approximate surface area is 130 Å². The molecule has 2 unspecified atom stereocenters. The number of nitrogens with zero attached hydrogens (tertiary/aromatic N) is 2. The fraction of sp³-hybridized carbons (Fsp3) is 0.714. The van der Waals surface area contributed by atoms with E-state index in [1.165, 1.54) is 16.2 Å². The largest absolute Gasteiger partial charge is 0.450 e. The highest BCUT2D eigenvalue weighted by Crippen LogP contribution is 2.46. The maximum Gasteiger partial charge on any atom is 0.410 e. The van der Waals surface area contributed by atoms with E-state index in [0.29, 0.717) is 11.7 Å². The zero-order chi connectivity index (χ0) is 15.2. The second kappa shape index (κ2) is 5.28. The number of carbonyl (C=O) groups is 1. The number of carbonyl (C=O) groups excluding carboxylic acids is 1. The molecule has 21 heavy (non-hydrogen) atoms. The van der Waals surface area contributed by atoms with E-state index in [0.717, 1.165) is 31.0 Å². The summed E-state index contributed by atoms with van der Waals surface area (Å²) in [6, 6.07) is 1.39. The lowest BCUT2D eigenvalue weighted by atomic mass is 10.1. The van der Waals surface area contributed by atoms with Crippen LogP contribution in [0.15, 0.2) is 0 Å². The number of aromatic nitrogens is 1. The van der Waals surface area contributed by atoms with Crippen molar-refractivity contribution in [1.82, 2.24) is 9.88 Å². The summed E-state index contributed by atoms with van der Waals surface area (Å²) in [7, 11) is -1.17. The van der Waals surface area contributed by atoms with Crippen LogP contribution >= 0.6 is 11.3 Å². The molecular formula is C14H23N3O2SSi. The Morgan fingerprint density at radius 2 is 2.24 bits per heavy atom. The van der Waals surface area contributed by atoms with Gasteiger partial charge in [-0.1, -0.05) is 31.0 Å². The highest BCUT2D eigenvalue weighted by atomic mass is 32.1. The SMILES string of the molecule is C[Si](C)(C)CCOC(=O)N1C2CCC1c1sc(N)nc1C2. The van der Waals surface area contributed by atoms with Gasteiger partial charge in [0.05, 0.1) is 23.2 Å². The minimum atomic E-state index is -1.17. The Morgan fingerprint density at radius 3 is 2.95 bits per heavy atom. The molecule has 1 saturated heterocycles. The normalized spacial score (nSPS) is 24.0. The number of thiazole rings is 1. The predicted octanol–water partition coefficient (Wildman–Crippen LogP) is 3.26. The van der Waals surface area contributed by atoms with E-state index in [-0.39, 0.29) is 18.2 Å². The highest BCUT2D eigenvalue weighted by Gasteiger charge is 2.45. The van der Waals surface area contributed by atoms with Crippen LogP contribution in [0, 0.1) is 0 Å². The van der Waals surface area contributed by atoms with Crippen molar-refractivity contribution in [3.8, 4) is 0 Å². The van der Waals surface area contributed by atoms with Gasteiger partial charge in [0.2, 0.25) is 0 Å². The first-order valence-electron chi connectivity index (χ1n) is 7.55. The van der Waals surface area contributed by atoms with E-state index in [2.05, 4.69) is 24.6 Å². The number of hydrogen-bond acceptors (Lipinski definition) is 5. The van der Waals surface area contributed by atoms with Crippen molar-refractivity contribution in [2.45, 2.75) is 57.0 Å². The van der Waals surface area contributed by atoms with Crippen molar-refractivity contribution in [3.05, 3.63) is 10.6 Å². The first kappa shape index (κ1) is 14.8. The minimum absolute atomic E-state index is 0.132. The molecule has 1 fully saturated rings. The van der Waals surface area contributed by atoms with Gasteiger partial charge in [0.15, 0.2) is 5.13 Å². The number of fused-ring (bicyclic) bond motifs is 4. The van der Waals surface area contributed by atoms with Gasteiger partial charge >= 0.3 is 6.09 Å². The summed E-state index contributed by atoms with van der Waals surface area (Å²) < 4.78 is 5.53. The molecule has 0 saturated carbocycles. The van der Waals surface area contributed by atoms with Gasteiger partial charge in [-0.25, -0.2) is 9.78 Å². The number of nitrogen functional groups attached to an aromatic ring is 1. The maximum atomic E-state index is 12.4. The van der Waals surface area contributed by atoms with Gasteiger partial charge in [-0.3, -0.25) is 4.90 Å². The van der Waals surface area contributed by atoms with Gasteiger partial charge in [-0.2, -0.15) is 0 Å². The number of nitrogens with two attached hydrogens (primary N) is 1. The Morgan fingerprint density at radius 1 is 1.48 bits per heavy atom. The molecule has 116 valence electrons. The second-order valence-electron chi connectivity index (χ2n) is 7.15. The van der Waals surface area contributed by atoms with Gasteiger partial charge in [-0.05, 0) is 18.9 Å². The summed E-state index contributed by atoms with van der Waals surface area (Å²) in [6.07, 6.45) is 2.71. The molecule has 1 aromatic rings. The zero-order valence-corrected chi connectivity index (χ0v) is 14.7.